The molecule has 4 nitrogen and oxygen atoms in total. The van der Waals surface area contributed by atoms with Crippen LogP contribution in [0.5, 0.6) is 5.75 Å². The number of aromatic nitrogens is 1. The minimum atomic E-state index is 0.189. The third-order valence-corrected chi connectivity index (χ3v) is 1.83. The molecule has 2 N–H and O–H groups in total. The van der Waals surface area contributed by atoms with E-state index in [1.54, 1.807) is 19.2 Å². The standard InChI is InChI=1S/C6H8N2O.C4H8O/c1-7-6-3-2-5(9)4-8-6;1-2-4-5-3-1/h2-4,9H,1H3,(H,7,8);1-4H2. The Hall–Kier alpha value is -1.29. The first-order valence-corrected chi connectivity index (χ1v) is 4.73. The molecule has 4 heteroatoms. The fourth-order valence-corrected chi connectivity index (χ4v) is 1.04. The molecule has 14 heavy (non-hydrogen) atoms. The second kappa shape index (κ2) is 6.21. The molecule has 1 aliphatic rings. The van der Waals surface area contributed by atoms with Crippen molar-refractivity contribution >= 4 is 5.82 Å². The molecule has 1 aromatic rings. The van der Waals surface area contributed by atoms with Gasteiger partial charge in [-0.3, -0.25) is 0 Å². The predicted molar refractivity (Wildman–Crippen MR) is 55.5 cm³/mol. The van der Waals surface area contributed by atoms with Gasteiger partial charge in [0, 0.05) is 20.3 Å². The van der Waals surface area contributed by atoms with E-state index < -0.39 is 0 Å². The fourth-order valence-electron chi connectivity index (χ4n) is 1.04. The van der Waals surface area contributed by atoms with Crippen LogP contribution in [0.2, 0.25) is 0 Å². The number of nitrogens with one attached hydrogen (secondary N) is 1. The van der Waals surface area contributed by atoms with Crippen LogP contribution in [0.3, 0.4) is 0 Å². The Bertz CT molecular complexity index is 237. The Morgan fingerprint density at radius 1 is 1.36 bits per heavy atom. The summed E-state index contributed by atoms with van der Waals surface area (Å²) in [6.45, 7) is 2.00. The second-order valence-electron chi connectivity index (χ2n) is 2.97. The van der Waals surface area contributed by atoms with E-state index in [0.717, 1.165) is 19.0 Å². The van der Waals surface area contributed by atoms with E-state index in [1.807, 2.05) is 0 Å². The van der Waals surface area contributed by atoms with Gasteiger partial charge in [-0.2, -0.15) is 0 Å². The second-order valence-corrected chi connectivity index (χ2v) is 2.97. The third-order valence-electron chi connectivity index (χ3n) is 1.83. The molecule has 0 spiro atoms. The fraction of sp³-hybridized carbons (Fsp3) is 0.500. The molecule has 78 valence electrons. The van der Waals surface area contributed by atoms with E-state index in [1.165, 1.54) is 19.0 Å². The molecule has 0 atom stereocenters. The number of aromatic hydroxyl groups is 1. The van der Waals surface area contributed by atoms with Crippen LogP contribution < -0.4 is 5.32 Å². The van der Waals surface area contributed by atoms with Gasteiger partial charge in [0.2, 0.25) is 0 Å². The smallest absolute Gasteiger partial charge is 0.134 e. The van der Waals surface area contributed by atoms with Crippen LogP contribution in [-0.4, -0.2) is 30.4 Å². The largest absolute Gasteiger partial charge is 0.506 e. The van der Waals surface area contributed by atoms with E-state index in [4.69, 9.17) is 9.84 Å². The van der Waals surface area contributed by atoms with Crippen molar-refractivity contribution in [3.63, 3.8) is 0 Å². The Morgan fingerprint density at radius 3 is 2.43 bits per heavy atom. The molecular weight excluding hydrogens is 180 g/mol. The van der Waals surface area contributed by atoms with Crippen molar-refractivity contribution in [2.75, 3.05) is 25.6 Å². The summed E-state index contributed by atoms with van der Waals surface area (Å²) < 4.78 is 4.94. The van der Waals surface area contributed by atoms with Crippen LogP contribution in [0, 0.1) is 0 Å². The third kappa shape index (κ3) is 4.09. The number of anilines is 1. The van der Waals surface area contributed by atoms with Crippen LogP contribution in [0.4, 0.5) is 5.82 Å². The molecule has 0 aromatic carbocycles. The Labute approximate surface area is 83.9 Å². The first-order chi connectivity index (χ1) is 6.83. The quantitative estimate of drug-likeness (QED) is 0.716. The average Bonchev–Trinajstić information content (AvgIpc) is 2.77. The van der Waals surface area contributed by atoms with E-state index >= 15 is 0 Å². The Balaban J connectivity index is 0.000000165. The van der Waals surface area contributed by atoms with Crippen LogP contribution in [0.25, 0.3) is 0 Å². The summed E-state index contributed by atoms with van der Waals surface area (Å²) in [5.74, 6) is 0.946. The van der Waals surface area contributed by atoms with E-state index in [2.05, 4.69) is 10.3 Å². The zero-order valence-corrected chi connectivity index (χ0v) is 8.36. The number of ether oxygens (including phenoxy) is 1. The summed E-state index contributed by atoms with van der Waals surface area (Å²) in [7, 11) is 1.78. The summed E-state index contributed by atoms with van der Waals surface area (Å²) in [6, 6.07) is 3.29. The van der Waals surface area contributed by atoms with Crippen molar-refractivity contribution in [2.45, 2.75) is 12.8 Å². The van der Waals surface area contributed by atoms with Crippen molar-refractivity contribution in [1.29, 1.82) is 0 Å². The highest BCUT2D eigenvalue weighted by Gasteiger charge is 1.94. The van der Waals surface area contributed by atoms with E-state index in [0.29, 0.717) is 0 Å². The van der Waals surface area contributed by atoms with Gasteiger partial charge in [0.25, 0.3) is 0 Å². The Morgan fingerprint density at radius 2 is 2.07 bits per heavy atom. The highest BCUT2D eigenvalue weighted by atomic mass is 16.5. The first-order valence-electron chi connectivity index (χ1n) is 4.73. The highest BCUT2D eigenvalue weighted by molar-refractivity contribution is 5.35. The molecule has 0 saturated carbocycles. The minimum Gasteiger partial charge on any atom is -0.506 e. The summed E-state index contributed by atoms with van der Waals surface area (Å²) in [5.41, 5.74) is 0. The zero-order chi connectivity index (χ0) is 10.2. The van der Waals surface area contributed by atoms with Gasteiger partial charge in [0.15, 0.2) is 0 Å². The maximum absolute atomic E-state index is 8.76. The molecule has 2 heterocycles. The van der Waals surface area contributed by atoms with Crippen molar-refractivity contribution in [3.8, 4) is 5.75 Å². The molecule has 0 amide bonds. The minimum absolute atomic E-state index is 0.189. The van der Waals surface area contributed by atoms with Crippen LogP contribution in [-0.2, 0) is 4.74 Å². The van der Waals surface area contributed by atoms with Crippen LogP contribution in [0.1, 0.15) is 12.8 Å². The summed E-state index contributed by atoms with van der Waals surface area (Å²) in [4.78, 5) is 3.84. The van der Waals surface area contributed by atoms with Gasteiger partial charge in [-0.05, 0) is 25.0 Å². The monoisotopic (exact) mass is 196 g/mol. The van der Waals surface area contributed by atoms with Gasteiger partial charge >= 0.3 is 0 Å². The normalized spacial score (nSPS) is 14.4. The number of rotatable bonds is 1. The zero-order valence-electron chi connectivity index (χ0n) is 8.36. The van der Waals surface area contributed by atoms with Crippen molar-refractivity contribution in [3.05, 3.63) is 18.3 Å². The molecule has 0 unspecified atom stereocenters. The molecule has 0 aliphatic carbocycles. The summed E-state index contributed by atoms with van der Waals surface area (Å²) in [6.07, 6.45) is 3.95. The van der Waals surface area contributed by atoms with Gasteiger partial charge in [0.1, 0.15) is 11.6 Å². The number of hydrogen-bond donors (Lipinski definition) is 2. The van der Waals surface area contributed by atoms with Crippen LogP contribution in [0.15, 0.2) is 18.3 Å². The lowest BCUT2D eigenvalue weighted by Crippen LogP contribution is -1.89. The van der Waals surface area contributed by atoms with Gasteiger partial charge in [-0.15, -0.1) is 0 Å². The lowest BCUT2D eigenvalue weighted by molar-refractivity contribution is 0.198. The molecule has 0 bridgehead atoms. The summed E-state index contributed by atoms with van der Waals surface area (Å²) >= 11 is 0. The van der Waals surface area contributed by atoms with Crippen molar-refractivity contribution in [1.82, 2.24) is 4.98 Å². The molecule has 2 rings (SSSR count). The van der Waals surface area contributed by atoms with E-state index in [-0.39, 0.29) is 5.75 Å². The van der Waals surface area contributed by atoms with Gasteiger partial charge in [-0.1, -0.05) is 0 Å². The number of pyridine rings is 1. The Kier molecular flexibility index (Phi) is 4.78. The molecule has 1 saturated heterocycles. The van der Waals surface area contributed by atoms with Gasteiger partial charge < -0.3 is 15.2 Å². The van der Waals surface area contributed by atoms with Crippen molar-refractivity contribution in [2.24, 2.45) is 0 Å². The van der Waals surface area contributed by atoms with E-state index in [9.17, 15) is 0 Å². The maximum atomic E-state index is 8.76. The topological polar surface area (TPSA) is 54.4 Å². The predicted octanol–water partition coefficient (Wildman–Crippen LogP) is 1.63. The van der Waals surface area contributed by atoms with Gasteiger partial charge in [-0.25, -0.2) is 4.98 Å². The number of hydrogen-bond acceptors (Lipinski definition) is 4. The van der Waals surface area contributed by atoms with Crippen molar-refractivity contribution < 1.29 is 9.84 Å². The SMILES string of the molecule is C1CCOC1.CNc1ccc(O)cn1. The number of nitrogens with zero attached hydrogens (tertiary/aromatic N) is 1. The van der Waals surface area contributed by atoms with Crippen LogP contribution >= 0.6 is 0 Å². The molecule has 1 fully saturated rings. The lowest BCUT2D eigenvalue weighted by Gasteiger charge is -1.95. The summed E-state index contributed by atoms with van der Waals surface area (Å²) in [5, 5.41) is 11.6. The molecular formula is C10H16N2O2. The maximum Gasteiger partial charge on any atom is 0.134 e. The molecule has 0 radical (unpaired) electrons. The molecule has 1 aromatic heterocycles. The highest BCUT2D eigenvalue weighted by Crippen LogP contribution is 2.07. The lowest BCUT2D eigenvalue weighted by atomic mass is 10.4. The molecule has 1 aliphatic heterocycles. The van der Waals surface area contributed by atoms with Gasteiger partial charge in [0.05, 0.1) is 6.20 Å². The first kappa shape index (κ1) is 10.8. The average molecular weight is 196 g/mol.